The van der Waals surface area contributed by atoms with Gasteiger partial charge < -0.3 is 10.2 Å². The summed E-state index contributed by atoms with van der Waals surface area (Å²) in [6.07, 6.45) is -3.65. The average molecular weight is 422 g/mol. The Morgan fingerprint density at radius 3 is 2.70 bits per heavy atom. The van der Waals surface area contributed by atoms with E-state index in [1.807, 2.05) is 24.6 Å². The van der Waals surface area contributed by atoms with Crippen molar-refractivity contribution in [2.45, 2.75) is 46.0 Å². The third kappa shape index (κ3) is 5.40. The molecule has 1 aliphatic heterocycles. The molecule has 0 unspecified atom stereocenters. The maximum atomic E-state index is 12.9. The van der Waals surface area contributed by atoms with Crippen molar-refractivity contribution in [2.75, 3.05) is 13.1 Å². The van der Waals surface area contributed by atoms with Crippen LogP contribution in [-0.4, -0.2) is 39.6 Å². The molecule has 1 aliphatic rings. The van der Waals surface area contributed by atoms with Gasteiger partial charge in [-0.15, -0.1) is 0 Å². The number of halogens is 3. The predicted octanol–water partition coefficient (Wildman–Crippen LogP) is 3.07. The highest BCUT2D eigenvalue weighted by Gasteiger charge is 2.35. The molecule has 2 aromatic rings. The molecular formula is C21H25F3N4O2. The monoisotopic (exact) mass is 422 g/mol. The minimum absolute atomic E-state index is 0.0600. The normalized spacial score (nSPS) is 16.9. The van der Waals surface area contributed by atoms with Crippen molar-refractivity contribution >= 4 is 11.8 Å². The van der Waals surface area contributed by atoms with Crippen molar-refractivity contribution in [3.05, 3.63) is 52.8 Å². The van der Waals surface area contributed by atoms with Crippen molar-refractivity contribution < 1.29 is 22.8 Å². The molecule has 0 radical (unpaired) electrons. The number of carbonyl (C=O) groups is 2. The van der Waals surface area contributed by atoms with Gasteiger partial charge in [-0.2, -0.15) is 18.3 Å². The number of amides is 2. The van der Waals surface area contributed by atoms with Crippen LogP contribution in [0.4, 0.5) is 13.2 Å². The minimum Gasteiger partial charge on any atom is -0.356 e. The highest BCUT2D eigenvalue weighted by molar-refractivity contribution is 5.89. The summed E-state index contributed by atoms with van der Waals surface area (Å²) < 4.78 is 40.5. The first-order valence-corrected chi connectivity index (χ1v) is 9.86. The first-order valence-electron chi connectivity index (χ1n) is 9.86. The molecule has 1 N–H and O–H groups in total. The van der Waals surface area contributed by atoms with Gasteiger partial charge in [0.15, 0.2) is 0 Å². The van der Waals surface area contributed by atoms with Crippen LogP contribution in [0.15, 0.2) is 30.3 Å². The van der Waals surface area contributed by atoms with Crippen molar-refractivity contribution in [1.29, 1.82) is 0 Å². The van der Waals surface area contributed by atoms with Crippen molar-refractivity contribution in [2.24, 2.45) is 5.92 Å². The van der Waals surface area contributed by atoms with E-state index in [0.717, 1.165) is 23.5 Å². The standard InChI is InChI=1S/C21H25F3N4O2/c1-14-9-15(2)28(26-14)8-4-7-25-20(30)17-11-19(29)27(13-17)12-16-5-3-6-18(10-16)21(22,23)24/h3,5-6,9-10,17H,4,7-8,11-13H2,1-2H3,(H,25,30)/t17-/m1/s1. The molecule has 1 fully saturated rings. The first-order chi connectivity index (χ1) is 14.1. The zero-order chi connectivity index (χ0) is 21.9. The number of hydrogen-bond donors (Lipinski definition) is 1. The van der Waals surface area contributed by atoms with E-state index in [0.29, 0.717) is 25.1 Å². The molecule has 1 aromatic carbocycles. The van der Waals surface area contributed by atoms with E-state index >= 15 is 0 Å². The number of rotatable bonds is 7. The Bertz CT molecular complexity index is 923. The van der Waals surface area contributed by atoms with Gasteiger partial charge in [-0.3, -0.25) is 14.3 Å². The van der Waals surface area contributed by atoms with Gasteiger partial charge in [0.2, 0.25) is 11.8 Å². The van der Waals surface area contributed by atoms with E-state index in [1.165, 1.54) is 11.0 Å². The first kappa shape index (κ1) is 21.9. The molecule has 0 saturated carbocycles. The number of nitrogens with zero attached hydrogens (tertiary/aromatic N) is 3. The van der Waals surface area contributed by atoms with Crippen LogP contribution in [0.1, 0.15) is 35.4 Å². The van der Waals surface area contributed by atoms with Gasteiger partial charge in [0.05, 0.1) is 17.2 Å². The molecule has 2 amide bonds. The highest BCUT2D eigenvalue weighted by atomic mass is 19.4. The maximum absolute atomic E-state index is 12.9. The summed E-state index contributed by atoms with van der Waals surface area (Å²) in [4.78, 5) is 26.1. The summed E-state index contributed by atoms with van der Waals surface area (Å²) in [5.74, 6) is -0.921. The van der Waals surface area contributed by atoms with Gasteiger partial charge in [0.1, 0.15) is 0 Å². The quantitative estimate of drug-likeness (QED) is 0.698. The van der Waals surface area contributed by atoms with Crippen molar-refractivity contribution in [1.82, 2.24) is 20.0 Å². The zero-order valence-electron chi connectivity index (χ0n) is 17.0. The summed E-state index contributed by atoms with van der Waals surface area (Å²) in [5, 5.41) is 7.21. The Balaban J connectivity index is 1.48. The van der Waals surface area contributed by atoms with E-state index in [4.69, 9.17) is 0 Å². The fraction of sp³-hybridized carbons (Fsp3) is 0.476. The van der Waals surface area contributed by atoms with Crippen LogP contribution < -0.4 is 5.32 Å². The molecule has 3 rings (SSSR count). The molecule has 1 atom stereocenters. The lowest BCUT2D eigenvalue weighted by atomic mass is 10.1. The lowest BCUT2D eigenvalue weighted by molar-refractivity contribution is -0.137. The Labute approximate surface area is 173 Å². The van der Waals surface area contributed by atoms with Crippen LogP contribution in [0.3, 0.4) is 0 Å². The van der Waals surface area contributed by atoms with E-state index in [9.17, 15) is 22.8 Å². The molecule has 0 aliphatic carbocycles. The Morgan fingerprint density at radius 1 is 1.27 bits per heavy atom. The number of aromatic nitrogens is 2. The van der Waals surface area contributed by atoms with Crippen LogP contribution in [0.5, 0.6) is 0 Å². The van der Waals surface area contributed by atoms with Crippen LogP contribution in [0.2, 0.25) is 0 Å². The second kappa shape index (κ2) is 8.89. The van der Waals surface area contributed by atoms with Gasteiger partial charge in [0, 0.05) is 38.3 Å². The summed E-state index contributed by atoms with van der Waals surface area (Å²) in [6.45, 7) is 5.32. The molecule has 9 heteroatoms. The lowest BCUT2D eigenvalue weighted by Gasteiger charge is -2.17. The average Bonchev–Trinajstić information content (AvgIpc) is 3.19. The number of carbonyl (C=O) groups excluding carboxylic acids is 2. The molecule has 30 heavy (non-hydrogen) atoms. The molecule has 2 heterocycles. The number of likely N-dealkylation sites (tertiary alicyclic amines) is 1. The Kier molecular flexibility index (Phi) is 6.48. The Hall–Kier alpha value is -2.84. The SMILES string of the molecule is Cc1cc(C)n(CCCNC(=O)[C@@H]2CC(=O)N(Cc3cccc(C(F)(F)F)c3)C2)n1. The number of hydrogen-bond acceptors (Lipinski definition) is 3. The second-order valence-corrected chi connectivity index (χ2v) is 7.67. The zero-order valence-corrected chi connectivity index (χ0v) is 17.0. The lowest BCUT2D eigenvalue weighted by Crippen LogP contribution is -2.33. The van der Waals surface area contributed by atoms with Gasteiger partial charge in [0.25, 0.3) is 0 Å². The van der Waals surface area contributed by atoms with Gasteiger partial charge in [-0.05, 0) is 44.0 Å². The van der Waals surface area contributed by atoms with Crippen LogP contribution in [0.25, 0.3) is 0 Å². The summed E-state index contributed by atoms with van der Waals surface area (Å²) in [6, 6.07) is 6.90. The molecule has 162 valence electrons. The molecule has 1 aromatic heterocycles. The van der Waals surface area contributed by atoms with E-state index < -0.39 is 17.7 Å². The molecular weight excluding hydrogens is 397 g/mol. The van der Waals surface area contributed by atoms with Gasteiger partial charge >= 0.3 is 6.18 Å². The molecule has 1 saturated heterocycles. The predicted molar refractivity (Wildman–Crippen MR) is 104 cm³/mol. The summed E-state index contributed by atoms with van der Waals surface area (Å²) >= 11 is 0. The summed E-state index contributed by atoms with van der Waals surface area (Å²) in [7, 11) is 0. The fourth-order valence-electron chi connectivity index (χ4n) is 3.65. The smallest absolute Gasteiger partial charge is 0.356 e. The van der Waals surface area contributed by atoms with Crippen molar-refractivity contribution in [3.63, 3.8) is 0 Å². The number of benzene rings is 1. The number of nitrogens with one attached hydrogen (secondary N) is 1. The van der Waals surface area contributed by atoms with E-state index in [2.05, 4.69) is 10.4 Å². The van der Waals surface area contributed by atoms with Gasteiger partial charge in [-0.25, -0.2) is 0 Å². The molecule has 6 nitrogen and oxygen atoms in total. The fourth-order valence-corrected chi connectivity index (χ4v) is 3.65. The maximum Gasteiger partial charge on any atom is 0.416 e. The summed E-state index contributed by atoms with van der Waals surface area (Å²) in [5.41, 5.74) is 1.65. The number of alkyl halides is 3. The highest BCUT2D eigenvalue weighted by Crippen LogP contribution is 2.30. The third-order valence-corrected chi connectivity index (χ3v) is 5.16. The van der Waals surface area contributed by atoms with Crippen LogP contribution in [0, 0.1) is 19.8 Å². The largest absolute Gasteiger partial charge is 0.416 e. The second-order valence-electron chi connectivity index (χ2n) is 7.67. The van der Waals surface area contributed by atoms with E-state index in [-0.39, 0.29) is 31.3 Å². The van der Waals surface area contributed by atoms with Gasteiger partial charge in [-0.1, -0.05) is 12.1 Å². The third-order valence-electron chi connectivity index (χ3n) is 5.16. The van der Waals surface area contributed by atoms with Crippen LogP contribution in [-0.2, 0) is 28.9 Å². The van der Waals surface area contributed by atoms with Crippen LogP contribution >= 0.6 is 0 Å². The topological polar surface area (TPSA) is 67.2 Å². The Morgan fingerprint density at radius 2 is 2.03 bits per heavy atom. The van der Waals surface area contributed by atoms with Crippen molar-refractivity contribution in [3.8, 4) is 0 Å². The minimum atomic E-state index is -4.43. The molecule has 0 spiro atoms. The molecule has 0 bridgehead atoms. The van der Waals surface area contributed by atoms with E-state index in [1.54, 1.807) is 6.07 Å². The number of aryl methyl sites for hydroxylation is 3.